The average molecular weight is 670 g/mol. The van der Waals surface area contributed by atoms with Crippen LogP contribution in [0.2, 0.25) is 0 Å². The Morgan fingerprint density at radius 3 is 2.74 bits per heavy atom. The zero-order valence-electron chi connectivity index (χ0n) is 25.4. The molecule has 1 spiro atoms. The van der Waals surface area contributed by atoms with Crippen LogP contribution in [0, 0.1) is 11.8 Å². The first-order valence-electron chi connectivity index (χ1n) is 15.7. The summed E-state index contributed by atoms with van der Waals surface area (Å²) < 4.78 is 20.6. The minimum Gasteiger partial charge on any atom is -0.493 e. The number of carbonyl (C=O) groups excluding carboxylic acids is 2. The van der Waals surface area contributed by atoms with Gasteiger partial charge in [0.05, 0.1) is 24.6 Å². The van der Waals surface area contributed by atoms with Crippen LogP contribution in [0.25, 0.3) is 6.08 Å². The summed E-state index contributed by atoms with van der Waals surface area (Å²) in [4.78, 5) is 32.8. The molecule has 1 amide bonds. The van der Waals surface area contributed by atoms with Crippen molar-refractivity contribution < 1.29 is 23.8 Å². The number of methoxy groups -OCH3 is 1. The molecule has 1 aromatic carbocycles. The SMILES string of the molecule is COc1ccc2c3c1O[C@H]1[C@@H](N(CC(C)C)C(=O)/C=C/c4cc(Br)cs4)CC[C@@]4(OC(C)=O)[C@@H](C2)N(CC2CC2)CC[C@]314. The van der Waals surface area contributed by atoms with E-state index in [-0.39, 0.29) is 36.0 Å². The van der Waals surface area contributed by atoms with Gasteiger partial charge in [0.1, 0.15) is 11.7 Å². The summed E-state index contributed by atoms with van der Waals surface area (Å²) in [5, 5.41) is 2.02. The van der Waals surface area contributed by atoms with Crippen LogP contribution in [-0.2, 0) is 26.2 Å². The Balaban J connectivity index is 1.34. The Kier molecular flexibility index (Phi) is 7.45. The van der Waals surface area contributed by atoms with Crippen LogP contribution < -0.4 is 9.47 Å². The quantitative estimate of drug-likeness (QED) is 0.234. The molecule has 1 saturated heterocycles. The van der Waals surface area contributed by atoms with Crippen LogP contribution in [0.4, 0.5) is 0 Å². The number of halogens is 1. The van der Waals surface area contributed by atoms with Gasteiger partial charge in [-0.2, -0.15) is 0 Å². The molecule has 230 valence electrons. The van der Waals surface area contributed by atoms with Gasteiger partial charge in [-0.3, -0.25) is 14.5 Å². The second kappa shape index (κ2) is 10.9. The molecule has 5 atom stereocenters. The molecule has 7 rings (SSSR count). The molecule has 0 unspecified atom stereocenters. The Bertz CT molecular complexity index is 1470. The second-order valence-corrected chi connectivity index (χ2v) is 15.4. The van der Waals surface area contributed by atoms with Gasteiger partial charge in [-0.15, -0.1) is 11.3 Å². The number of piperidine rings is 1. The van der Waals surface area contributed by atoms with Gasteiger partial charge < -0.3 is 19.1 Å². The molecule has 3 heterocycles. The molecule has 2 aromatic rings. The predicted octanol–water partition coefficient (Wildman–Crippen LogP) is 6.22. The first-order chi connectivity index (χ1) is 20.7. The predicted molar refractivity (Wildman–Crippen MR) is 171 cm³/mol. The van der Waals surface area contributed by atoms with Gasteiger partial charge in [0.15, 0.2) is 11.5 Å². The summed E-state index contributed by atoms with van der Waals surface area (Å²) in [6.45, 7) is 8.46. The number of ether oxygens (including phenoxy) is 3. The number of hydrogen-bond acceptors (Lipinski definition) is 7. The van der Waals surface area contributed by atoms with Crippen molar-refractivity contribution in [3.05, 3.63) is 50.1 Å². The summed E-state index contributed by atoms with van der Waals surface area (Å²) in [6, 6.07) is 6.15. The van der Waals surface area contributed by atoms with Crippen LogP contribution in [0.15, 0.2) is 34.1 Å². The van der Waals surface area contributed by atoms with Crippen molar-refractivity contribution in [1.82, 2.24) is 9.80 Å². The topological polar surface area (TPSA) is 68.3 Å². The molecule has 0 radical (unpaired) electrons. The number of carbonyl (C=O) groups is 2. The Morgan fingerprint density at radius 1 is 1.26 bits per heavy atom. The maximum Gasteiger partial charge on any atom is 0.303 e. The highest BCUT2D eigenvalue weighted by atomic mass is 79.9. The highest BCUT2D eigenvalue weighted by Gasteiger charge is 2.75. The lowest BCUT2D eigenvalue weighted by molar-refractivity contribution is -0.224. The monoisotopic (exact) mass is 668 g/mol. The first-order valence-corrected chi connectivity index (χ1v) is 17.4. The fourth-order valence-electron chi connectivity index (χ4n) is 8.81. The van der Waals surface area contributed by atoms with Gasteiger partial charge in [-0.25, -0.2) is 0 Å². The second-order valence-electron chi connectivity index (χ2n) is 13.5. The molecule has 2 aliphatic heterocycles. The van der Waals surface area contributed by atoms with Gasteiger partial charge in [0, 0.05) is 46.4 Å². The molecule has 5 aliphatic rings. The Morgan fingerprint density at radius 2 is 2.07 bits per heavy atom. The largest absolute Gasteiger partial charge is 0.493 e. The molecule has 0 N–H and O–H groups in total. The van der Waals surface area contributed by atoms with E-state index in [2.05, 4.69) is 40.7 Å². The third kappa shape index (κ3) is 4.67. The van der Waals surface area contributed by atoms with E-state index in [1.54, 1.807) is 31.4 Å². The fraction of sp³-hybridized carbons (Fsp3) is 0.588. The summed E-state index contributed by atoms with van der Waals surface area (Å²) in [6.07, 6.45) is 8.88. The molecule has 7 nitrogen and oxygen atoms in total. The van der Waals surface area contributed by atoms with Crippen molar-refractivity contribution in [2.24, 2.45) is 11.8 Å². The van der Waals surface area contributed by atoms with Crippen molar-refractivity contribution in [2.45, 2.75) is 88.5 Å². The smallest absolute Gasteiger partial charge is 0.303 e. The van der Waals surface area contributed by atoms with Crippen LogP contribution >= 0.6 is 27.3 Å². The van der Waals surface area contributed by atoms with Crippen molar-refractivity contribution in [3.8, 4) is 11.5 Å². The van der Waals surface area contributed by atoms with E-state index in [9.17, 15) is 9.59 Å². The number of likely N-dealkylation sites (tertiary alicyclic amines) is 1. The standard InChI is InChI=1S/C34H41BrN2O5S/c1-20(2)17-37(29(39)10-8-25-16-24(35)19-43-25)26-11-12-34(42-21(3)38)28-15-23-7-9-27(40-4)31-30(23)33(34,32(26)41-31)13-14-36(28)18-22-5-6-22/h7-10,16,19-20,22,26,28,32H,5-6,11-15,17-18H2,1-4H3/b10-8+/t26-,28+,32-,33-,34+/m0/s1. The highest BCUT2D eigenvalue weighted by Crippen LogP contribution is 2.67. The maximum atomic E-state index is 14.1. The molecule has 3 fully saturated rings. The van der Waals surface area contributed by atoms with Crippen molar-refractivity contribution in [2.75, 3.05) is 26.7 Å². The lowest BCUT2D eigenvalue weighted by Crippen LogP contribution is -2.79. The molecule has 2 bridgehead atoms. The summed E-state index contributed by atoms with van der Waals surface area (Å²) in [7, 11) is 1.68. The molecule has 9 heteroatoms. The van der Waals surface area contributed by atoms with Crippen molar-refractivity contribution >= 4 is 45.2 Å². The van der Waals surface area contributed by atoms with Gasteiger partial charge in [-0.1, -0.05) is 19.9 Å². The number of thiophene rings is 1. The first kappa shape index (κ1) is 29.4. The molecule has 3 aliphatic carbocycles. The van der Waals surface area contributed by atoms with Crippen LogP contribution in [0.1, 0.15) is 68.9 Å². The van der Waals surface area contributed by atoms with Gasteiger partial charge in [0.2, 0.25) is 5.91 Å². The number of esters is 1. The van der Waals surface area contributed by atoms with E-state index < -0.39 is 11.0 Å². The minimum absolute atomic E-state index is 0.00937. The Labute approximate surface area is 266 Å². The minimum atomic E-state index is -0.719. The lowest BCUT2D eigenvalue weighted by atomic mass is 9.48. The number of hydrogen-bond donors (Lipinski definition) is 0. The normalized spacial score (nSPS) is 30.7. The third-order valence-electron chi connectivity index (χ3n) is 10.4. The number of amides is 1. The van der Waals surface area contributed by atoms with E-state index >= 15 is 0 Å². The number of benzene rings is 1. The molecular weight excluding hydrogens is 628 g/mol. The summed E-state index contributed by atoms with van der Waals surface area (Å²) >= 11 is 5.12. The average Bonchev–Trinajstić information content (AvgIpc) is 3.57. The van der Waals surface area contributed by atoms with E-state index in [0.29, 0.717) is 25.1 Å². The van der Waals surface area contributed by atoms with E-state index in [1.807, 2.05) is 28.5 Å². The molecule has 2 saturated carbocycles. The fourth-order valence-corrected chi connectivity index (χ4v) is 10.1. The van der Waals surface area contributed by atoms with Gasteiger partial charge in [-0.05, 0) is 96.6 Å². The number of rotatable bonds is 9. The molecule has 43 heavy (non-hydrogen) atoms. The summed E-state index contributed by atoms with van der Waals surface area (Å²) in [5.41, 5.74) is 1.14. The summed E-state index contributed by atoms with van der Waals surface area (Å²) in [5.74, 6) is 2.25. The van der Waals surface area contributed by atoms with E-state index in [0.717, 1.165) is 52.5 Å². The van der Waals surface area contributed by atoms with E-state index in [4.69, 9.17) is 14.2 Å². The van der Waals surface area contributed by atoms with Crippen LogP contribution in [0.5, 0.6) is 11.5 Å². The van der Waals surface area contributed by atoms with Crippen LogP contribution in [0.3, 0.4) is 0 Å². The van der Waals surface area contributed by atoms with Crippen molar-refractivity contribution in [1.29, 1.82) is 0 Å². The van der Waals surface area contributed by atoms with Crippen molar-refractivity contribution in [3.63, 3.8) is 0 Å². The Hall–Kier alpha value is -2.36. The van der Waals surface area contributed by atoms with Gasteiger partial charge in [0.25, 0.3) is 0 Å². The van der Waals surface area contributed by atoms with E-state index in [1.165, 1.54) is 18.4 Å². The maximum absolute atomic E-state index is 14.1. The van der Waals surface area contributed by atoms with Crippen LogP contribution in [-0.4, -0.2) is 72.2 Å². The molecule has 1 aromatic heterocycles. The lowest BCUT2D eigenvalue weighted by Gasteiger charge is -2.65. The zero-order valence-corrected chi connectivity index (χ0v) is 27.8. The highest BCUT2D eigenvalue weighted by molar-refractivity contribution is 9.10. The zero-order chi connectivity index (χ0) is 30.1. The third-order valence-corrected chi connectivity index (χ3v) is 12.1. The van der Waals surface area contributed by atoms with Gasteiger partial charge >= 0.3 is 5.97 Å². The number of nitrogens with zero attached hydrogens (tertiary/aromatic N) is 2. The molecular formula is C34H41BrN2O5S.